The second-order valence-electron chi connectivity index (χ2n) is 5.46. The van der Waals surface area contributed by atoms with E-state index in [0.29, 0.717) is 0 Å². The first-order valence-electron chi connectivity index (χ1n) is 5.72. The molecule has 3 aliphatic rings. The molecule has 1 aromatic carbocycles. The topological polar surface area (TPSA) is 52.5 Å². The van der Waals surface area contributed by atoms with Crippen LogP contribution in [0.4, 0.5) is 0 Å². The summed E-state index contributed by atoms with van der Waals surface area (Å²) in [5, 5.41) is 17.9. The predicted molar refractivity (Wildman–Crippen MR) is 72.4 cm³/mol. The molecule has 3 saturated carbocycles. The van der Waals surface area contributed by atoms with E-state index in [1.54, 1.807) is 0 Å². The molecule has 4 heteroatoms. The van der Waals surface area contributed by atoms with Crippen LogP contribution in [0.5, 0.6) is 0 Å². The second kappa shape index (κ2) is 2.83. The molecule has 0 unspecified atom stereocenters. The molecule has 0 spiro atoms. The molecule has 5 rings (SSSR count). The van der Waals surface area contributed by atoms with Crippen molar-refractivity contribution >= 4 is 33.5 Å². The number of nitriles is 1. The zero-order chi connectivity index (χ0) is 11.7. The Morgan fingerprint density at radius 2 is 2.12 bits per heavy atom. The zero-order valence-electron chi connectivity index (χ0n) is 9.13. The first-order valence-corrected chi connectivity index (χ1v) is 6.80. The molecule has 84 valence electrons. The standard InChI is InChI=1S/C13H10IN3/c14-8-1-2-10-9(3-8)11(17-16-10)13-4-12(5-13,6-13)7-15/h1-3H,4-6H2,(H,16,17). The van der Waals surface area contributed by atoms with Crippen molar-refractivity contribution in [1.29, 1.82) is 5.26 Å². The fourth-order valence-electron chi connectivity index (χ4n) is 3.56. The molecule has 3 nitrogen and oxygen atoms in total. The third-order valence-corrected chi connectivity index (χ3v) is 4.98. The molecular weight excluding hydrogens is 325 g/mol. The Morgan fingerprint density at radius 1 is 1.35 bits per heavy atom. The van der Waals surface area contributed by atoms with Gasteiger partial charge in [0.2, 0.25) is 0 Å². The van der Waals surface area contributed by atoms with Gasteiger partial charge >= 0.3 is 0 Å². The van der Waals surface area contributed by atoms with Crippen LogP contribution >= 0.6 is 22.6 Å². The lowest BCUT2D eigenvalue weighted by Gasteiger charge is -2.66. The molecular formula is C13H10IN3. The van der Waals surface area contributed by atoms with Gasteiger partial charge in [-0.2, -0.15) is 10.4 Å². The van der Waals surface area contributed by atoms with Crippen LogP contribution in [0.2, 0.25) is 0 Å². The minimum atomic E-state index is -0.000627. The summed E-state index contributed by atoms with van der Waals surface area (Å²) in [4.78, 5) is 0. The van der Waals surface area contributed by atoms with Crippen LogP contribution in [0.3, 0.4) is 0 Å². The number of nitrogens with zero attached hydrogens (tertiary/aromatic N) is 2. The van der Waals surface area contributed by atoms with Gasteiger partial charge in [-0.05, 0) is 60.1 Å². The maximum Gasteiger partial charge on any atom is 0.0924 e. The van der Waals surface area contributed by atoms with Gasteiger partial charge in [-0.15, -0.1) is 0 Å². The van der Waals surface area contributed by atoms with Gasteiger partial charge in [0.15, 0.2) is 0 Å². The molecule has 3 fully saturated rings. The van der Waals surface area contributed by atoms with Crippen LogP contribution in [0, 0.1) is 20.3 Å². The highest BCUT2D eigenvalue weighted by Gasteiger charge is 2.70. The highest BCUT2D eigenvalue weighted by molar-refractivity contribution is 14.1. The lowest BCUT2D eigenvalue weighted by Crippen LogP contribution is -2.63. The minimum absolute atomic E-state index is 0.000627. The zero-order valence-corrected chi connectivity index (χ0v) is 11.3. The molecule has 2 aromatic rings. The Morgan fingerprint density at radius 3 is 2.82 bits per heavy atom. The Balaban J connectivity index is 1.84. The van der Waals surface area contributed by atoms with Crippen LogP contribution in [0.1, 0.15) is 25.0 Å². The molecule has 1 N–H and O–H groups in total. The molecule has 0 atom stereocenters. The van der Waals surface area contributed by atoms with Crippen molar-refractivity contribution in [1.82, 2.24) is 10.2 Å². The normalized spacial score (nSPS) is 33.9. The quantitative estimate of drug-likeness (QED) is 0.814. The van der Waals surface area contributed by atoms with Crippen molar-refractivity contribution < 1.29 is 0 Å². The van der Waals surface area contributed by atoms with Gasteiger partial charge in [-0.25, -0.2) is 0 Å². The maximum atomic E-state index is 9.08. The largest absolute Gasteiger partial charge is 0.281 e. The average Bonchev–Trinajstić information content (AvgIpc) is 2.59. The number of aromatic nitrogens is 2. The lowest BCUT2D eigenvalue weighted by atomic mass is 9.34. The molecule has 0 amide bonds. The summed E-state index contributed by atoms with van der Waals surface area (Å²) >= 11 is 2.33. The molecule has 0 saturated heterocycles. The maximum absolute atomic E-state index is 9.08. The molecule has 17 heavy (non-hydrogen) atoms. The summed E-state index contributed by atoms with van der Waals surface area (Å²) in [6.07, 6.45) is 3.04. The summed E-state index contributed by atoms with van der Waals surface area (Å²) in [5.74, 6) is 0. The Kier molecular flexibility index (Phi) is 1.65. The van der Waals surface area contributed by atoms with Crippen LogP contribution in [0.25, 0.3) is 10.9 Å². The number of rotatable bonds is 1. The van der Waals surface area contributed by atoms with Crippen molar-refractivity contribution in [3.05, 3.63) is 27.5 Å². The molecule has 0 radical (unpaired) electrons. The highest BCUT2D eigenvalue weighted by atomic mass is 127. The third-order valence-electron chi connectivity index (χ3n) is 4.31. The van der Waals surface area contributed by atoms with Crippen LogP contribution < -0.4 is 0 Å². The van der Waals surface area contributed by atoms with Gasteiger partial charge in [0, 0.05) is 20.1 Å². The Hall–Kier alpha value is -1.09. The van der Waals surface area contributed by atoms with E-state index >= 15 is 0 Å². The number of nitrogens with one attached hydrogen (secondary N) is 1. The summed E-state index contributed by atoms with van der Waals surface area (Å²) in [7, 11) is 0. The van der Waals surface area contributed by atoms with E-state index in [9.17, 15) is 0 Å². The van der Waals surface area contributed by atoms with E-state index in [1.165, 1.54) is 14.7 Å². The van der Waals surface area contributed by atoms with Gasteiger partial charge < -0.3 is 0 Å². The third kappa shape index (κ3) is 1.08. The summed E-state index contributed by atoms with van der Waals surface area (Å²) < 4.78 is 1.24. The van der Waals surface area contributed by atoms with Crippen molar-refractivity contribution in [2.45, 2.75) is 24.7 Å². The number of aromatic amines is 1. The Bertz CT molecular complexity index is 660. The predicted octanol–water partition coefficient (Wildman–Crippen LogP) is 3.11. The fourth-order valence-corrected chi connectivity index (χ4v) is 4.05. The number of fused-ring (bicyclic) bond motifs is 1. The molecule has 1 aromatic heterocycles. The van der Waals surface area contributed by atoms with Crippen molar-refractivity contribution in [3.63, 3.8) is 0 Å². The summed E-state index contributed by atoms with van der Waals surface area (Å²) in [5.41, 5.74) is 2.52. The van der Waals surface area contributed by atoms with E-state index in [2.05, 4.69) is 57.1 Å². The summed E-state index contributed by atoms with van der Waals surface area (Å²) in [6.45, 7) is 0. The molecule has 0 aliphatic heterocycles. The van der Waals surface area contributed by atoms with Crippen LogP contribution in [0.15, 0.2) is 18.2 Å². The molecule has 3 aliphatic carbocycles. The highest BCUT2D eigenvalue weighted by Crippen LogP contribution is 2.73. The van der Waals surface area contributed by atoms with E-state index in [1.807, 2.05) is 0 Å². The number of halogens is 1. The van der Waals surface area contributed by atoms with Gasteiger partial charge in [0.1, 0.15) is 0 Å². The molecule has 2 bridgehead atoms. The first kappa shape index (κ1) is 9.89. The van der Waals surface area contributed by atoms with E-state index in [4.69, 9.17) is 5.26 Å². The SMILES string of the molecule is N#CC12CC(c3[nH]nc4ccc(I)cc34)(C1)C2. The van der Waals surface area contributed by atoms with E-state index in [0.717, 1.165) is 24.8 Å². The van der Waals surface area contributed by atoms with Crippen molar-refractivity contribution in [2.24, 2.45) is 5.41 Å². The van der Waals surface area contributed by atoms with Crippen molar-refractivity contribution in [2.75, 3.05) is 0 Å². The number of H-pyrrole nitrogens is 1. The molecule has 1 heterocycles. The fraction of sp³-hybridized carbons (Fsp3) is 0.385. The van der Waals surface area contributed by atoms with Gasteiger partial charge in [-0.3, -0.25) is 5.10 Å². The smallest absolute Gasteiger partial charge is 0.0924 e. The monoisotopic (exact) mass is 335 g/mol. The minimum Gasteiger partial charge on any atom is -0.281 e. The van der Waals surface area contributed by atoms with Gasteiger partial charge in [-0.1, -0.05) is 0 Å². The Labute approximate surface area is 112 Å². The summed E-state index contributed by atoms with van der Waals surface area (Å²) in [6, 6.07) is 8.78. The lowest BCUT2D eigenvalue weighted by molar-refractivity contribution is -0.0947. The second-order valence-corrected chi connectivity index (χ2v) is 6.71. The van der Waals surface area contributed by atoms with Crippen LogP contribution in [-0.2, 0) is 5.41 Å². The van der Waals surface area contributed by atoms with Crippen LogP contribution in [-0.4, -0.2) is 10.2 Å². The number of hydrogen-bond donors (Lipinski definition) is 1. The van der Waals surface area contributed by atoms with Gasteiger partial charge in [0.05, 0.1) is 17.0 Å². The van der Waals surface area contributed by atoms with Crippen molar-refractivity contribution in [3.8, 4) is 6.07 Å². The van der Waals surface area contributed by atoms with E-state index < -0.39 is 0 Å². The number of hydrogen-bond acceptors (Lipinski definition) is 2. The van der Waals surface area contributed by atoms with Gasteiger partial charge in [0.25, 0.3) is 0 Å². The average molecular weight is 335 g/mol. The number of benzene rings is 1. The first-order chi connectivity index (χ1) is 8.16. The van der Waals surface area contributed by atoms with E-state index in [-0.39, 0.29) is 10.8 Å².